The summed E-state index contributed by atoms with van der Waals surface area (Å²) in [4.78, 5) is 2.50. The van der Waals surface area contributed by atoms with Crippen LogP contribution in [0.3, 0.4) is 0 Å². The molecule has 0 radical (unpaired) electrons. The summed E-state index contributed by atoms with van der Waals surface area (Å²) < 4.78 is 4.01. The summed E-state index contributed by atoms with van der Waals surface area (Å²) in [5.74, 6) is 0. The van der Waals surface area contributed by atoms with Crippen molar-refractivity contribution in [1.82, 2.24) is 14.5 Å². The number of rotatable bonds is 4. The van der Waals surface area contributed by atoms with Gasteiger partial charge in [0, 0.05) is 25.1 Å². The van der Waals surface area contributed by atoms with Gasteiger partial charge in [-0.2, -0.15) is 0 Å². The molecule has 1 fully saturated rings. The minimum Gasteiger partial charge on any atom is -0.377 e. The number of likely N-dealkylation sites (tertiary alicyclic amines) is 1. The summed E-state index contributed by atoms with van der Waals surface area (Å²) >= 11 is 1.44. The van der Waals surface area contributed by atoms with Crippen molar-refractivity contribution in [2.45, 2.75) is 39.7 Å². The number of nitrogens with one attached hydrogen (secondary N) is 1. The van der Waals surface area contributed by atoms with Crippen LogP contribution in [0.5, 0.6) is 0 Å². The van der Waals surface area contributed by atoms with Crippen molar-refractivity contribution >= 4 is 16.5 Å². The molecule has 0 aromatic carbocycles. The highest BCUT2D eigenvalue weighted by Gasteiger charge is 2.28. The van der Waals surface area contributed by atoms with Crippen LogP contribution in [-0.4, -0.2) is 34.6 Å². The van der Waals surface area contributed by atoms with Gasteiger partial charge in [0.2, 0.25) is 0 Å². The van der Waals surface area contributed by atoms with Crippen LogP contribution in [0, 0.1) is 5.41 Å². The monoisotopic (exact) mass is 254 g/mol. The van der Waals surface area contributed by atoms with E-state index in [2.05, 4.69) is 33.7 Å². The van der Waals surface area contributed by atoms with E-state index in [1.165, 1.54) is 43.9 Å². The minimum absolute atomic E-state index is 0.558. The predicted molar refractivity (Wildman–Crippen MR) is 72.4 cm³/mol. The molecule has 2 heterocycles. The number of aromatic nitrogens is 2. The molecular formula is C12H22N4S. The lowest BCUT2D eigenvalue weighted by molar-refractivity contribution is 0.109. The molecule has 1 aliphatic heterocycles. The van der Waals surface area contributed by atoms with Gasteiger partial charge in [-0.3, -0.25) is 4.90 Å². The fraction of sp³-hybridized carbons (Fsp3) is 0.833. The van der Waals surface area contributed by atoms with E-state index >= 15 is 0 Å². The number of nitrogens with zero attached hydrogens (tertiary/aromatic N) is 3. The summed E-state index contributed by atoms with van der Waals surface area (Å²) in [5, 5.41) is 8.47. The normalized spacial score (nSPS) is 20.4. The molecule has 5 heteroatoms. The van der Waals surface area contributed by atoms with Crippen LogP contribution >= 0.6 is 11.5 Å². The molecule has 0 unspecified atom stereocenters. The van der Waals surface area contributed by atoms with Gasteiger partial charge in [-0.1, -0.05) is 24.8 Å². The second-order valence-corrected chi connectivity index (χ2v) is 5.99. The molecule has 1 aromatic rings. The first kappa shape index (κ1) is 12.8. The lowest BCUT2D eigenvalue weighted by Crippen LogP contribution is -2.38. The Bertz CT molecular complexity index is 355. The van der Waals surface area contributed by atoms with Gasteiger partial charge in [-0.05, 0) is 31.3 Å². The maximum absolute atomic E-state index is 4.20. The van der Waals surface area contributed by atoms with E-state index in [4.69, 9.17) is 0 Å². The lowest BCUT2D eigenvalue weighted by atomic mass is 9.78. The van der Waals surface area contributed by atoms with Gasteiger partial charge in [-0.25, -0.2) is 0 Å². The van der Waals surface area contributed by atoms with Gasteiger partial charge in [0.25, 0.3) is 0 Å². The molecule has 1 aliphatic rings. The van der Waals surface area contributed by atoms with E-state index in [9.17, 15) is 0 Å². The standard InChI is InChI=1S/C12H22N4S/c1-4-12(2)5-7-16(8-6-12)9-10-11(13-3)17-15-14-10/h13H,4-9H2,1-3H3. The van der Waals surface area contributed by atoms with Crippen molar-refractivity contribution in [3.63, 3.8) is 0 Å². The molecular weight excluding hydrogens is 232 g/mol. The van der Waals surface area contributed by atoms with Crippen LogP contribution in [0.25, 0.3) is 0 Å². The topological polar surface area (TPSA) is 41.1 Å². The zero-order valence-electron chi connectivity index (χ0n) is 11.0. The smallest absolute Gasteiger partial charge is 0.134 e. The molecule has 0 amide bonds. The van der Waals surface area contributed by atoms with Crippen molar-refractivity contribution in [1.29, 1.82) is 0 Å². The number of hydrogen-bond acceptors (Lipinski definition) is 5. The second-order valence-electron chi connectivity index (χ2n) is 5.24. The number of anilines is 1. The molecule has 0 bridgehead atoms. The molecule has 1 aromatic heterocycles. The van der Waals surface area contributed by atoms with Crippen LogP contribution in [0.1, 0.15) is 38.8 Å². The first-order valence-corrected chi connectivity index (χ1v) is 7.15. The molecule has 17 heavy (non-hydrogen) atoms. The maximum atomic E-state index is 4.20. The van der Waals surface area contributed by atoms with Gasteiger partial charge >= 0.3 is 0 Å². The molecule has 0 saturated carbocycles. The van der Waals surface area contributed by atoms with Gasteiger partial charge in [0.05, 0.1) is 0 Å². The van der Waals surface area contributed by atoms with E-state index in [0.29, 0.717) is 5.41 Å². The van der Waals surface area contributed by atoms with E-state index in [1.807, 2.05) is 7.05 Å². The van der Waals surface area contributed by atoms with Gasteiger partial charge < -0.3 is 5.32 Å². The van der Waals surface area contributed by atoms with Crippen LogP contribution in [-0.2, 0) is 6.54 Å². The Hall–Kier alpha value is -0.680. The second kappa shape index (κ2) is 5.31. The fourth-order valence-electron chi connectivity index (χ4n) is 2.32. The zero-order chi connectivity index (χ0) is 12.3. The molecule has 2 rings (SSSR count). The third-order valence-electron chi connectivity index (χ3n) is 4.07. The highest BCUT2D eigenvalue weighted by molar-refractivity contribution is 7.10. The summed E-state index contributed by atoms with van der Waals surface area (Å²) in [6, 6.07) is 0. The van der Waals surface area contributed by atoms with E-state index in [0.717, 1.165) is 17.2 Å². The van der Waals surface area contributed by atoms with Crippen LogP contribution in [0.4, 0.5) is 5.00 Å². The largest absolute Gasteiger partial charge is 0.377 e. The predicted octanol–water partition coefficient (Wildman–Crippen LogP) is 2.59. The summed E-state index contributed by atoms with van der Waals surface area (Å²) in [7, 11) is 1.93. The van der Waals surface area contributed by atoms with Crippen molar-refractivity contribution in [2.24, 2.45) is 5.41 Å². The minimum atomic E-state index is 0.558. The Balaban J connectivity index is 1.90. The first-order chi connectivity index (χ1) is 8.17. The quantitative estimate of drug-likeness (QED) is 0.896. The average Bonchev–Trinajstić information content (AvgIpc) is 2.80. The Morgan fingerprint density at radius 3 is 2.71 bits per heavy atom. The van der Waals surface area contributed by atoms with Gasteiger partial charge in [0.1, 0.15) is 10.7 Å². The summed E-state index contributed by atoms with van der Waals surface area (Å²) in [5.41, 5.74) is 1.65. The Labute approximate surface area is 108 Å². The van der Waals surface area contributed by atoms with Crippen molar-refractivity contribution in [2.75, 3.05) is 25.5 Å². The van der Waals surface area contributed by atoms with Crippen LogP contribution in [0.2, 0.25) is 0 Å². The number of hydrogen-bond donors (Lipinski definition) is 1. The SMILES string of the molecule is CCC1(C)CCN(Cc2nnsc2NC)CC1. The maximum Gasteiger partial charge on any atom is 0.134 e. The van der Waals surface area contributed by atoms with Crippen molar-refractivity contribution in [3.05, 3.63) is 5.69 Å². The molecule has 0 aliphatic carbocycles. The summed E-state index contributed by atoms with van der Waals surface area (Å²) in [6.45, 7) is 8.02. The fourth-order valence-corrected chi connectivity index (χ4v) is 2.84. The van der Waals surface area contributed by atoms with Crippen molar-refractivity contribution in [3.8, 4) is 0 Å². The average molecular weight is 254 g/mol. The van der Waals surface area contributed by atoms with Crippen LogP contribution < -0.4 is 5.32 Å². The third kappa shape index (κ3) is 2.96. The molecule has 0 spiro atoms. The lowest BCUT2D eigenvalue weighted by Gasteiger charge is -2.38. The van der Waals surface area contributed by atoms with E-state index in [1.54, 1.807) is 0 Å². The molecule has 4 nitrogen and oxygen atoms in total. The molecule has 1 N–H and O–H groups in total. The van der Waals surface area contributed by atoms with E-state index in [-0.39, 0.29) is 0 Å². The summed E-state index contributed by atoms with van der Waals surface area (Å²) in [6.07, 6.45) is 3.90. The highest BCUT2D eigenvalue weighted by atomic mass is 32.1. The first-order valence-electron chi connectivity index (χ1n) is 6.38. The van der Waals surface area contributed by atoms with Gasteiger partial charge in [0.15, 0.2) is 0 Å². The molecule has 1 saturated heterocycles. The molecule has 0 atom stereocenters. The Kier molecular flexibility index (Phi) is 3.99. The Morgan fingerprint density at radius 1 is 1.41 bits per heavy atom. The van der Waals surface area contributed by atoms with Crippen LogP contribution in [0.15, 0.2) is 0 Å². The molecule has 96 valence electrons. The Morgan fingerprint density at radius 2 is 2.12 bits per heavy atom. The van der Waals surface area contributed by atoms with Gasteiger partial charge in [-0.15, -0.1) is 5.10 Å². The number of piperidine rings is 1. The van der Waals surface area contributed by atoms with E-state index < -0.39 is 0 Å². The zero-order valence-corrected chi connectivity index (χ0v) is 11.8. The third-order valence-corrected chi connectivity index (χ3v) is 4.86. The highest BCUT2D eigenvalue weighted by Crippen LogP contribution is 2.34. The van der Waals surface area contributed by atoms with Crippen molar-refractivity contribution < 1.29 is 0 Å².